The van der Waals surface area contributed by atoms with E-state index in [4.69, 9.17) is 0 Å². The quantitative estimate of drug-likeness (QED) is 0.714. The maximum absolute atomic E-state index is 11.8. The number of nitrogens with zero attached hydrogens (tertiary/aromatic N) is 1. The van der Waals surface area contributed by atoms with Gasteiger partial charge < -0.3 is 10.2 Å². The molecule has 1 spiro atoms. The van der Waals surface area contributed by atoms with E-state index in [0.29, 0.717) is 5.91 Å². The minimum atomic E-state index is -0.0204. The first kappa shape index (κ1) is 9.97. The van der Waals surface area contributed by atoms with Gasteiger partial charge in [0.15, 0.2) is 0 Å². The molecule has 0 bridgehead atoms. The summed E-state index contributed by atoms with van der Waals surface area (Å²) in [6.45, 7) is 6.42. The zero-order valence-electron chi connectivity index (χ0n) is 9.01. The summed E-state index contributed by atoms with van der Waals surface area (Å²) in [5, 5.41) is 2.98. The molecule has 2 saturated heterocycles. The highest BCUT2D eigenvalue weighted by Gasteiger charge is 2.44. The lowest BCUT2D eigenvalue weighted by atomic mass is 9.78. The molecule has 1 unspecified atom stereocenters. The van der Waals surface area contributed by atoms with Crippen molar-refractivity contribution in [2.45, 2.75) is 32.6 Å². The molecule has 1 atom stereocenters. The molecule has 2 aliphatic heterocycles. The van der Waals surface area contributed by atoms with Crippen LogP contribution in [0.5, 0.6) is 0 Å². The van der Waals surface area contributed by atoms with Gasteiger partial charge in [-0.2, -0.15) is 0 Å². The molecule has 0 aromatic rings. The summed E-state index contributed by atoms with van der Waals surface area (Å²) in [6.07, 6.45) is 4.52. The Morgan fingerprint density at radius 1 is 1.50 bits per heavy atom. The van der Waals surface area contributed by atoms with Crippen molar-refractivity contribution in [1.82, 2.24) is 10.2 Å². The molecule has 3 nitrogen and oxygen atoms in total. The zero-order valence-corrected chi connectivity index (χ0v) is 9.01. The first-order valence-electron chi connectivity index (χ1n) is 5.77. The van der Waals surface area contributed by atoms with Crippen LogP contribution >= 0.6 is 0 Å². The van der Waals surface area contributed by atoms with E-state index in [1.54, 1.807) is 0 Å². The first-order chi connectivity index (χ1) is 6.77. The van der Waals surface area contributed by atoms with Crippen LogP contribution < -0.4 is 5.32 Å². The second-order valence-electron chi connectivity index (χ2n) is 4.67. The summed E-state index contributed by atoms with van der Waals surface area (Å²) in [7, 11) is 0. The number of likely N-dealkylation sites (tertiary alicyclic amines) is 1. The van der Waals surface area contributed by atoms with Crippen molar-refractivity contribution in [3.05, 3.63) is 0 Å². The number of carbonyl (C=O) groups excluding carboxylic acids is 1. The number of amides is 1. The topological polar surface area (TPSA) is 32.3 Å². The van der Waals surface area contributed by atoms with E-state index in [1.165, 1.54) is 19.4 Å². The highest BCUT2D eigenvalue weighted by atomic mass is 16.2. The van der Waals surface area contributed by atoms with Crippen LogP contribution in [0.1, 0.15) is 32.6 Å². The summed E-state index contributed by atoms with van der Waals surface area (Å²) in [4.78, 5) is 14.2. The van der Waals surface area contributed by atoms with Crippen LogP contribution in [-0.2, 0) is 4.79 Å². The van der Waals surface area contributed by atoms with Crippen molar-refractivity contribution >= 4 is 5.91 Å². The van der Waals surface area contributed by atoms with Crippen LogP contribution in [0.25, 0.3) is 0 Å². The summed E-state index contributed by atoms with van der Waals surface area (Å²) in [6, 6.07) is 0. The van der Waals surface area contributed by atoms with Gasteiger partial charge in [0, 0.05) is 13.1 Å². The van der Waals surface area contributed by atoms with Crippen LogP contribution in [0.15, 0.2) is 0 Å². The minimum Gasteiger partial charge on any atom is -0.356 e. The fourth-order valence-electron chi connectivity index (χ4n) is 2.84. The van der Waals surface area contributed by atoms with Gasteiger partial charge in [-0.15, -0.1) is 0 Å². The maximum Gasteiger partial charge on any atom is 0.227 e. The molecule has 0 aliphatic carbocycles. The summed E-state index contributed by atoms with van der Waals surface area (Å²) < 4.78 is 0. The van der Waals surface area contributed by atoms with Crippen molar-refractivity contribution in [2.24, 2.45) is 5.41 Å². The third kappa shape index (κ3) is 1.65. The Bertz CT molecular complexity index is 227. The number of hydrogen-bond acceptors (Lipinski definition) is 2. The van der Waals surface area contributed by atoms with Gasteiger partial charge in [-0.1, -0.05) is 6.92 Å². The Morgan fingerprint density at radius 3 is 3.00 bits per heavy atom. The Morgan fingerprint density at radius 2 is 2.36 bits per heavy atom. The fraction of sp³-hybridized carbons (Fsp3) is 0.909. The summed E-state index contributed by atoms with van der Waals surface area (Å²) in [5.74, 6) is 0.304. The normalized spacial score (nSPS) is 33.6. The SMILES string of the molecule is CCCN1CCCC2(CCNC2=O)C1. The molecule has 1 N–H and O–H groups in total. The molecule has 2 heterocycles. The van der Waals surface area contributed by atoms with Gasteiger partial charge in [-0.3, -0.25) is 4.79 Å². The smallest absolute Gasteiger partial charge is 0.227 e. The molecule has 2 fully saturated rings. The number of carbonyl (C=O) groups is 1. The predicted molar refractivity (Wildman–Crippen MR) is 56.0 cm³/mol. The van der Waals surface area contributed by atoms with E-state index in [-0.39, 0.29) is 5.41 Å². The van der Waals surface area contributed by atoms with Gasteiger partial charge in [-0.25, -0.2) is 0 Å². The average Bonchev–Trinajstić information content (AvgIpc) is 2.49. The highest BCUT2D eigenvalue weighted by Crippen LogP contribution is 2.36. The minimum absolute atomic E-state index is 0.0204. The van der Waals surface area contributed by atoms with Crippen molar-refractivity contribution in [3.63, 3.8) is 0 Å². The average molecular weight is 196 g/mol. The van der Waals surface area contributed by atoms with Crippen LogP contribution in [0.4, 0.5) is 0 Å². The van der Waals surface area contributed by atoms with Crippen LogP contribution in [-0.4, -0.2) is 37.0 Å². The molecule has 0 aromatic heterocycles. The molecule has 0 aromatic carbocycles. The molecule has 14 heavy (non-hydrogen) atoms. The zero-order chi connectivity index (χ0) is 10.0. The third-order valence-electron chi connectivity index (χ3n) is 3.57. The number of hydrogen-bond donors (Lipinski definition) is 1. The van der Waals surface area contributed by atoms with Crippen molar-refractivity contribution in [3.8, 4) is 0 Å². The molecule has 0 radical (unpaired) electrons. The van der Waals surface area contributed by atoms with Gasteiger partial charge in [-0.05, 0) is 38.8 Å². The van der Waals surface area contributed by atoms with Crippen LogP contribution in [0.3, 0.4) is 0 Å². The lowest BCUT2D eigenvalue weighted by Crippen LogP contribution is -2.47. The molecule has 80 valence electrons. The van der Waals surface area contributed by atoms with Gasteiger partial charge in [0.2, 0.25) is 5.91 Å². The van der Waals surface area contributed by atoms with E-state index >= 15 is 0 Å². The maximum atomic E-state index is 11.8. The molecule has 1 amide bonds. The van der Waals surface area contributed by atoms with Crippen LogP contribution in [0.2, 0.25) is 0 Å². The monoisotopic (exact) mass is 196 g/mol. The second-order valence-corrected chi connectivity index (χ2v) is 4.67. The number of nitrogens with one attached hydrogen (secondary N) is 1. The molecule has 2 rings (SSSR count). The predicted octanol–water partition coefficient (Wildman–Crippen LogP) is 0.998. The summed E-state index contributed by atoms with van der Waals surface area (Å²) in [5.41, 5.74) is -0.0204. The van der Waals surface area contributed by atoms with Crippen molar-refractivity contribution in [1.29, 1.82) is 0 Å². The van der Waals surface area contributed by atoms with Gasteiger partial charge in [0.25, 0.3) is 0 Å². The second kappa shape index (κ2) is 3.89. The Kier molecular flexibility index (Phi) is 2.77. The fourth-order valence-corrected chi connectivity index (χ4v) is 2.84. The first-order valence-corrected chi connectivity index (χ1v) is 5.77. The molecule has 3 heteroatoms. The van der Waals surface area contributed by atoms with E-state index in [2.05, 4.69) is 17.1 Å². The largest absolute Gasteiger partial charge is 0.356 e. The Balaban J connectivity index is 2.02. The van der Waals surface area contributed by atoms with Crippen molar-refractivity contribution in [2.75, 3.05) is 26.2 Å². The van der Waals surface area contributed by atoms with Gasteiger partial charge >= 0.3 is 0 Å². The van der Waals surface area contributed by atoms with Gasteiger partial charge in [0.1, 0.15) is 0 Å². The summed E-state index contributed by atoms with van der Waals surface area (Å²) >= 11 is 0. The van der Waals surface area contributed by atoms with Crippen LogP contribution in [0, 0.1) is 5.41 Å². The molecule has 2 aliphatic rings. The van der Waals surface area contributed by atoms with E-state index in [1.807, 2.05) is 0 Å². The van der Waals surface area contributed by atoms with Crippen molar-refractivity contribution < 1.29 is 4.79 Å². The number of rotatable bonds is 2. The third-order valence-corrected chi connectivity index (χ3v) is 3.57. The number of piperidine rings is 1. The lowest BCUT2D eigenvalue weighted by molar-refractivity contribution is -0.130. The van der Waals surface area contributed by atoms with E-state index in [9.17, 15) is 4.79 Å². The van der Waals surface area contributed by atoms with E-state index in [0.717, 1.165) is 32.5 Å². The Hall–Kier alpha value is -0.570. The highest BCUT2D eigenvalue weighted by molar-refractivity contribution is 5.85. The lowest BCUT2D eigenvalue weighted by Gasteiger charge is -2.38. The Labute approximate surface area is 85.8 Å². The van der Waals surface area contributed by atoms with Gasteiger partial charge in [0.05, 0.1) is 5.41 Å². The van der Waals surface area contributed by atoms with E-state index < -0.39 is 0 Å². The molecule has 0 saturated carbocycles. The molecular formula is C11H20N2O. The molecular weight excluding hydrogens is 176 g/mol. The standard InChI is InChI=1S/C11H20N2O/c1-2-7-13-8-3-4-11(9-13)5-6-12-10(11)14/h2-9H2,1H3,(H,12,14).